The first-order valence-electron chi connectivity index (χ1n) is 7.16. The number of carboxylic acids is 1. The number of benzene rings is 1. The number of carbonyl (C=O) groups is 2. The van der Waals surface area contributed by atoms with Crippen molar-refractivity contribution in [2.24, 2.45) is 11.8 Å². The first-order valence-corrected chi connectivity index (χ1v) is 7.16. The normalized spacial score (nSPS) is 15.7. The average molecular weight is 275 g/mol. The largest absolute Gasteiger partial charge is 0.481 e. The fourth-order valence-corrected chi connectivity index (χ4v) is 2.14. The zero-order chi connectivity index (χ0) is 14.7. The van der Waals surface area contributed by atoms with E-state index in [0.29, 0.717) is 0 Å². The molecule has 1 amide bonds. The molecule has 0 aliphatic heterocycles. The number of anilines is 1. The van der Waals surface area contributed by atoms with Crippen LogP contribution in [0.15, 0.2) is 24.3 Å². The van der Waals surface area contributed by atoms with Gasteiger partial charge in [0.25, 0.3) is 0 Å². The van der Waals surface area contributed by atoms with Gasteiger partial charge in [-0.25, -0.2) is 0 Å². The number of aliphatic carboxylic acids is 1. The molecule has 1 saturated carbocycles. The Morgan fingerprint density at radius 2 is 1.90 bits per heavy atom. The Morgan fingerprint density at radius 1 is 1.30 bits per heavy atom. The molecule has 0 spiro atoms. The Bertz CT molecular complexity index is 491. The van der Waals surface area contributed by atoms with E-state index in [4.69, 9.17) is 5.11 Å². The topological polar surface area (TPSA) is 57.6 Å². The average Bonchev–Trinajstić information content (AvgIpc) is 3.28. The number of aryl methyl sites for hydroxylation is 1. The Hall–Kier alpha value is -1.84. The van der Waals surface area contributed by atoms with Crippen molar-refractivity contribution in [2.75, 3.05) is 11.4 Å². The smallest absolute Gasteiger partial charge is 0.308 e. The minimum atomic E-state index is -0.872. The van der Waals surface area contributed by atoms with Crippen LogP contribution < -0.4 is 4.90 Å². The SMILES string of the molecule is CCc1ccc(N(CC(C)C(=O)O)C(=O)C2CC2)cc1. The van der Waals surface area contributed by atoms with E-state index in [9.17, 15) is 9.59 Å². The number of hydrogen-bond donors (Lipinski definition) is 1. The second kappa shape index (κ2) is 6.07. The Morgan fingerprint density at radius 3 is 2.35 bits per heavy atom. The molecule has 0 bridgehead atoms. The van der Waals surface area contributed by atoms with E-state index < -0.39 is 11.9 Å². The number of carboxylic acid groups (broad SMARTS) is 1. The van der Waals surface area contributed by atoms with Gasteiger partial charge in [0, 0.05) is 18.2 Å². The van der Waals surface area contributed by atoms with Gasteiger partial charge in [-0.1, -0.05) is 26.0 Å². The molecule has 1 aliphatic rings. The van der Waals surface area contributed by atoms with Gasteiger partial charge in [-0.05, 0) is 37.0 Å². The first kappa shape index (κ1) is 14.6. The molecular formula is C16H21NO3. The molecular weight excluding hydrogens is 254 g/mol. The zero-order valence-electron chi connectivity index (χ0n) is 12.0. The summed E-state index contributed by atoms with van der Waals surface area (Å²) in [6.45, 7) is 3.95. The molecule has 1 aromatic rings. The molecule has 4 nitrogen and oxygen atoms in total. The van der Waals surface area contributed by atoms with Crippen molar-refractivity contribution in [3.8, 4) is 0 Å². The van der Waals surface area contributed by atoms with E-state index in [1.807, 2.05) is 24.3 Å². The molecule has 1 fully saturated rings. The molecule has 20 heavy (non-hydrogen) atoms. The van der Waals surface area contributed by atoms with E-state index in [1.165, 1.54) is 5.56 Å². The summed E-state index contributed by atoms with van der Waals surface area (Å²) in [7, 11) is 0. The third-order valence-electron chi connectivity index (χ3n) is 3.73. The highest BCUT2D eigenvalue weighted by Gasteiger charge is 2.35. The van der Waals surface area contributed by atoms with Crippen molar-refractivity contribution in [3.63, 3.8) is 0 Å². The lowest BCUT2D eigenvalue weighted by Gasteiger charge is -2.25. The summed E-state index contributed by atoms with van der Waals surface area (Å²) in [6.07, 6.45) is 2.79. The highest BCUT2D eigenvalue weighted by Crippen LogP contribution is 2.33. The molecule has 1 unspecified atom stereocenters. The van der Waals surface area contributed by atoms with Crippen LogP contribution in [-0.2, 0) is 16.0 Å². The molecule has 1 aliphatic carbocycles. The monoisotopic (exact) mass is 275 g/mol. The Balaban J connectivity index is 2.19. The molecule has 2 rings (SSSR count). The van der Waals surface area contributed by atoms with Gasteiger partial charge in [0.2, 0.25) is 5.91 Å². The van der Waals surface area contributed by atoms with E-state index in [-0.39, 0.29) is 18.4 Å². The standard InChI is InChI=1S/C16H21NO3/c1-3-12-4-8-14(9-5-12)17(10-11(2)16(19)20)15(18)13-6-7-13/h4-5,8-9,11,13H,3,6-7,10H2,1-2H3,(H,19,20). The lowest BCUT2D eigenvalue weighted by Crippen LogP contribution is -2.38. The lowest BCUT2D eigenvalue weighted by atomic mass is 10.1. The fraction of sp³-hybridized carbons (Fsp3) is 0.500. The van der Waals surface area contributed by atoms with Crippen LogP contribution in [0.25, 0.3) is 0 Å². The maximum Gasteiger partial charge on any atom is 0.308 e. The van der Waals surface area contributed by atoms with Crippen molar-refractivity contribution < 1.29 is 14.7 Å². The Labute approximate surface area is 119 Å². The molecule has 1 aromatic carbocycles. The van der Waals surface area contributed by atoms with Gasteiger partial charge in [-0.2, -0.15) is 0 Å². The summed E-state index contributed by atoms with van der Waals surface area (Å²) in [5.74, 6) is -1.29. The molecule has 108 valence electrons. The molecule has 0 aromatic heterocycles. The zero-order valence-corrected chi connectivity index (χ0v) is 12.0. The van der Waals surface area contributed by atoms with Crippen LogP contribution in [0.4, 0.5) is 5.69 Å². The van der Waals surface area contributed by atoms with Crippen LogP contribution >= 0.6 is 0 Å². The second-order valence-electron chi connectivity index (χ2n) is 5.48. The van der Waals surface area contributed by atoms with E-state index in [2.05, 4.69) is 6.92 Å². The summed E-state index contributed by atoms with van der Waals surface area (Å²) in [5.41, 5.74) is 2.01. The summed E-state index contributed by atoms with van der Waals surface area (Å²) in [6, 6.07) is 7.81. The van der Waals surface area contributed by atoms with E-state index in [1.54, 1.807) is 11.8 Å². The summed E-state index contributed by atoms with van der Waals surface area (Å²) in [4.78, 5) is 25.0. The number of carbonyl (C=O) groups excluding carboxylic acids is 1. The summed E-state index contributed by atoms with van der Waals surface area (Å²) in [5, 5.41) is 9.06. The van der Waals surface area contributed by atoms with Crippen LogP contribution in [0.2, 0.25) is 0 Å². The highest BCUT2D eigenvalue weighted by molar-refractivity contribution is 5.97. The molecule has 1 N–H and O–H groups in total. The quantitative estimate of drug-likeness (QED) is 0.868. The highest BCUT2D eigenvalue weighted by atomic mass is 16.4. The van der Waals surface area contributed by atoms with Gasteiger partial charge in [-0.15, -0.1) is 0 Å². The third-order valence-corrected chi connectivity index (χ3v) is 3.73. The first-order chi connectivity index (χ1) is 9.52. The van der Waals surface area contributed by atoms with Crippen molar-refractivity contribution >= 4 is 17.6 Å². The fourth-order valence-electron chi connectivity index (χ4n) is 2.14. The van der Waals surface area contributed by atoms with Crippen LogP contribution in [0.3, 0.4) is 0 Å². The van der Waals surface area contributed by atoms with E-state index >= 15 is 0 Å². The van der Waals surface area contributed by atoms with Crippen molar-refractivity contribution in [1.29, 1.82) is 0 Å². The van der Waals surface area contributed by atoms with Crippen molar-refractivity contribution in [3.05, 3.63) is 29.8 Å². The Kier molecular flexibility index (Phi) is 4.42. The van der Waals surface area contributed by atoms with Crippen LogP contribution in [0.5, 0.6) is 0 Å². The van der Waals surface area contributed by atoms with Crippen LogP contribution in [0, 0.1) is 11.8 Å². The number of hydrogen-bond acceptors (Lipinski definition) is 2. The van der Waals surface area contributed by atoms with Gasteiger partial charge >= 0.3 is 5.97 Å². The van der Waals surface area contributed by atoms with Gasteiger partial charge in [0.05, 0.1) is 5.92 Å². The maximum absolute atomic E-state index is 12.4. The second-order valence-corrected chi connectivity index (χ2v) is 5.48. The van der Waals surface area contributed by atoms with Crippen LogP contribution in [-0.4, -0.2) is 23.5 Å². The lowest BCUT2D eigenvalue weighted by molar-refractivity contribution is -0.140. The van der Waals surface area contributed by atoms with Crippen LogP contribution in [0.1, 0.15) is 32.3 Å². The van der Waals surface area contributed by atoms with E-state index in [0.717, 1.165) is 24.9 Å². The van der Waals surface area contributed by atoms with Gasteiger partial charge < -0.3 is 10.0 Å². The minimum Gasteiger partial charge on any atom is -0.481 e. The van der Waals surface area contributed by atoms with Crippen molar-refractivity contribution in [1.82, 2.24) is 0 Å². The minimum absolute atomic E-state index is 0.0577. The predicted molar refractivity (Wildman–Crippen MR) is 77.7 cm³/mol. The predicted octanol–water partition coefficient (Wildman–Crippen LogP) is 2.71. The molecule has 4 heteroatoms. The molecule has 0 heterocycles. The van der Waals surface area contributed by atoms with Gasteiger partial charge in [0.1, 0.15) is 0 Å². The van der Waals surface area contributed by atoms with Gasteiger partial charge in [0.15, 0.2) is 0 Å². The molecule has 0 radical (unpaired) electrons. The maximum atomic E-state index is 12.4. The third kappa shape index (κ3) is 3.38. The van der Waals surface area contributed by atoms with Crippen molar-refractivity contribution in [2.45, 2.75) is 33.1 Å². The summed E-state index contributed by atoms with van der Waals surface area (Å²) >= 11 is 0. The molecule has 0 saturated heterocycles. The molecule has 1 atom stereocenters. The summed E-state index contributed by atoms with van der Waals surface area (Å²) < 4.78 is 0. The number of rotatable bonds is 6. The number of amides is 1. The number of nitrogens with zero attached hydrogens (tertiary/aromatic N) is 1. The van der Waals surface area contributed by atoms with Gasteiger partial charge in [-0.3, -0.25) is 9.59 Å².